The highest BCUT2D eigenvalue weighted by molar-refractivity contribution is 5.95. The molecule has 28 heavy (non-hydrogen) atoms. The molecule has 0 spiro atoms. The van der Waals surface area contributed by atoms with Crippen LogP contribution in [-0.4, -0.2) is 51.3 Å². The molecule has 0 radical (unpaired) electrons. The van der Waals surface area contributed by atoms with Crippen molar-refractivity contribution in [2.75, 3.05) is 34.4 Å². The Morgan fingerprint density at radius 1 is 1.00 bits per heavy atom. The van der Waals surface area contributed by atoms with E-state index >= 15 is 0 Å². The predicted octanol–water partition coefficient (Wildman–Crippen LogP) is 3.11. The van der Waals surface area contributed by atoms with Crippen LogP contribution < -0.4 is 19.5 Å². The topological polar surface area (TPSA) is 60.0 Å². The number of methoxy groups -OCH3 is 2. The number of piperidine rings is 1. The molecule has 0 unspecified atom stereocenters. The number of nitrogens with zero attached hydrogens (tertiary/aromatic N) is 1. The van der Waals surface area contributed by atoms with E-state index in [0.717, 1.165) is 37.2 Å². The molecule has 2 aromatic rings. The highest BCUT2D eigenvalue weighted by Crippen LogP contribution is 2.23. The summed E-state index contributed by atoms with van der Waals surface area (Å²) in [5, 5.41) is 2.93. The minimum atomic E-state index is -0.177. The monoisotopic (exact) mass is 384 g/mol. The van der Waals surface area contributed by atoms with E-state index in [0.29, 0.717) is 23.6 Å². The first-order valence-corrected chi connectivity index (χ1v) is 9.53. The number of rotatable bonds is 7. The molecule has 150 valence electrons. The van der Waals surface area contributed by atoms with Crippen molar-refractivity contribution in [1.29, 1.82) is 0 Å². The Kier molecular flexibility index (Phi) is 6.76. The van der Waals surface area contributed by atoms with E-state index in [1.165, 1.54) is 0 Å². The third-order valence-corrected chi connectivity index (χ3v) is 4.96. The zero-order chi connectivity index (χ0) is 19.9. The van der Waals surface area contributed by atoms with Gasteiger partial charge in [0.15, 0.2) is 0 Å². The van der Waals surface area contributed by atoms with Crippen LogP contribution in [0.3, 0.4) is 0 Å². The molecule has 0 saturated carbocycles. The fourth-order valence-electron chi connectivity index (χ4n) is 3.20. The first-order chi connectivity index (χ1) is 13.6. The van der Waals surface area contributed by atoms with Gasteiger partial charge in [-0.1, -0.05) is 12.1 Å². The van der Waals surface area contributed by atoms with Gasteiger partial charge in [-0.2, -0.15) is 0 Å². The standard InChI is InChI=1S/C22H28N2O4/c1-24-10-8-19(9-11-24)28-18-6-4-16(5-7-18)15-23-22(25)17-12-20(26-2)14-21(13-17)27-3/h4-7,12-14,19H,8-11,15H2,1-3H3,(H,23,25). The molecular weight excluding hydrogens is 356 g/mol. The lowest BCUT2D eigenvalue weighted by molar-refractivity contribution is 0.0950. The summed E-state index contributed by atoms with van der Waals surface area (Å²) in [4.78, 5) is 14.8. The lowest BCUT2D eigenvalue weighted by atomic mass is 10.1. The SMILES string of the molecule is COc1cc(OC)cc(C(=O)NCc2ccc(OC3CCN(C)CC3)cc2)c1. The largest absolute Gasteiger partial charge is 0.497 e. The number of carbonyl (C=O) groups is 1. The molecule has 0 atom stereocenters. The Morgan fingerprint density at radius 3 is 2.18 bits per heavy atom. The summed E-state index contributed by atoms with van der Waals surface area (Å²) in [5.41, 5.74) is 1.51. The van der Waals surface area contributed by atoms with Gasteiger partial charge in [0.25, 0.3) is 5.91 Å². The van der Waals surface area contributed by atoms with E-state index in [2.05, 4.69) is 17.3 Å². The fourth-order valence-corrected chi connectivity index (χ4v) is 3.20. The average Bonchev–Trinajstić information content (AvgIpc) is 2.74. The highest BCUT2D eigenvalue weighted by Gasteiger charge is 2.18. The van der Waals surface area contributed by atoms with Gasteiger partial charge in [0.2, 0.25) is 0 Å². The number of hydrogen-bond acceptors (Lipinski definition) is 5. The van der Waals surface area contributed by atoms with Crippen LogP contribution in [0.15, 0.2) is 42.5 Å². The summed E-state index contributed by atoms with van der Waals surface area (Å²) in [6, 6.07) is 13.0. The van der Waals surface area contributed by atoms with Crippen molar-refractivity contribution in [2.24, 2.45) is 0 Å². The molecule has 0 bridgehead atoms. The number of carbonyl (C=O) groups excluding carboxylic acids is 1. The van der Waals surface area contributed by atoms with E-state index in [9.17, 15) is 4.79 Å². The van der Waals surface area contributed by atoms with Gasteiger partial charge in [-0.05, 0) is 49.7 Å². The number of likely N-dealkylation sites (tertiary alicyclic amines) is 1. The van der Waals surface area contributed by atoms with Gasteiger partial charge in [-0.15, -0.1) is 0 Å². The van der Waals surface area contributed by atoms with Crippen molar-refractivity contribution in [3.05, 3.63) is 53.6 Å². The number of hydrogen-bond donors (Lipinski definition) is 1. The summed E-state index contributed by atoms with van der Waals surface area (Å²) in [6.45, 7) is 2.58. The molecular formula is C22H28N2O4. The van der Waals surface area contributed by atoms with Crippen LogP contribution in [0.4, 0.5) is 0 Å². The first kappa shape index (κ1) is 20.0. The normalized spacial score (nSPS) is 15.1. The van der Waals surface area contributed by atoms with Crippen molar-refractivity contribution in [3.8, 4) is 17.2 Å². The molecule has 1 fully saturated rings. The molecule has 1 aliphatic rings. The van der Waals surface area contributed by atoms with Crippen molar-refractivity contribution < 1.29 is 19.0 Å². The van der Waals surface area contributed by atoms with Gasteiger partial charge < -0.3 is 24.4 Å². The van der Waals surface area contributed by atoms with Crippen molar-refractivity contribution in [1.82, 2.24) is 10.2 Å². The lowest BCUT2D eigenvalue weighted by Crippen LogP contribution is -2.35. The number of benzene rings is 2. The molecule has 0 aliphatic carbocycles. The first-order valence-electron chi connectivity index (χ1n) is 9.53. The van der Waals surface area contributed by atoms with Crippen LogP contribution in [0.2, 0.25) is 0 Å². The van der Waals surface area contributed by atoms with Crippen molar-refractivity contribution in [2.45, 2.75) is 25.5 Å². The lowest BCUT2D eigenvalue weighted by Gasteiger charge is -2.29. The third-order valence-electron chi connectivity index (χ3n) is 4.96. The van der Waals surface area contributed by atoms with Gasteiger partial charge in [-0.3, -0.25) is 4.79 Å². The van der Waals surface area contributed by atoms with Crippen LogP contribution in [0.25, 0.3) is 0 Å². The van der Waals surface area contributed by atoms with Gasteiger partial charge in [-0.25, -0.2) is 0 Å². The zero-order valence-electron chi connectivity index (χ0n) is 16.7. The molecule has 2 aromatic carbocycles. The molecule has 1 N–H and O–H groups in total. The Hall–Kier alpha value is -2.73. The predicted molar refractivity (Wildman–Crippen MR) is 108 cm³/mol. The van der Waals surface area contributed by atoms with E-state index < -0.39 is 0 Å². The fraction of sp³-hybridized carbons (Fsp3) is 0.409. The van der Waals surface area contributed by atoms with Crippen LogP contribution in [-0.2, 0) is 6.54 Å². The summed E-state index contributed by atoms with van der Waals surface area (Å²) >= 11 is 0. The molecule has 1 saturated heterocycles. The van der Waals surface area contributed by atoms with Crippen LogP contribution >= 0.6 is 0 Å². The van der Waals surface area contributed by atoms with Gasteiger partial charge in [0.05, 0.1) is 14.2 Å². The van der Waals surface area contributed by atoms with Crippen LogP contribution in [0.1, 0.15) is 28.8 Å². The molecule has 1 amide bonds. The third kappa shape index (κ3) is 5.39. The molecule has 1 heterocycles. The van der Waals surface area contributed by atoms with Crippen molar-refractivity contribution >= 4 is 5.91 Å². The minimum absolute atomic E-state index is 0.177. The molecule has 0 aromatic heterocycles. The molecule has 6 nitrogen and oxygen atoms in total. The van der Waals surface area contributed by atoms with Gasteiger partial charge in [0, 0.05) is 31.3 Å². The summed E-state index contributed by atoms with van der Waals surface area (Å²) in [6.07, 6.45) is 2.39. The Bertz CT molecular complexity index is 761. The Balaban J connectivity index is 1.54. The maximum Gasteiger partial charge on any atom is 0.251 e. The summed E-state index contributed by atoms with van der Waals surface area (Å²) < 4.78 is 16.5. The van der Waals surface area contributed by atoms with Crippen LogP contribution in [0.5, 0.6) is 17.2 Å². The van der Waals surface area contributed by atoms with E-state index in [4.69, 9.17) is 14.2 Å². The molecule has 1 aliphatic heterocycles. The molecule has 6 heteroatoms. The summed E-state index contributed by atoms with van der Waals surface area (Å²) in [7, 11) is 5.26. The second kappa shape index (κ2) is 9.46. The highest BCUT2D eigenvalue weighted by atomic mass is 16.5. The quantitative estimate of drug-likeness (QED) is 0.795. The maximum atomic E-state index is 12.5. The second-order valence-corrected chi connectivity index (χ2v) is 7.05. The zero-order valence-corrected chi connectivity index (χ0v) is 16.7. The Labute approximate surface area is 166 Å². The van der Waals surface area contributed by atoms with E-state index in [1.807, 2.05) is 24.3 Å². The summed E-state index contributed by atoms with van der Waals surface area (Å²) in [5.74, 6) is 1.87. The number of amides is 1. The van der Waals surface area contributed by atoms with Gasteiger partial charge >= 0.3 is 0 Å². The van der Waals surface area contributed by atoms with Crippen LogP contribution in [0, 0.1) is 0 Å². The molecule has 3 rings (SSSR count). The average molecular weight is 384 g/mol. The Morgan fingerprint density at radius 2 is 1.61 bits per heavy atom. The van der Waals surface area contributed by atoms with E-state index in [1.54, 1.807) is 32.4 Å². The minimum Gasteiger partial charge on any atom is -0.497 e. The smallest absolute Gasteiger partial charge is 0.251 e. The second-order valence-electron chi connectivity index (χ2n) is 7.05. The number of nitrogens with one attached hydrogen (secondary N) is 1. The number of ether oxygens (including phenoxy) is 3. The van der Waals surface area contributed by atoms with E-state index in [-0.39, 0.29) is 12.0 Å². The van der Waals surface area contributed by atoms with Crippen molar-refractivity contribution in [3.63, 3.8) is 0 Å². The maximum absolute atomic E-state index is 12.5. The van der Waals surface area contributed by atoms with Gasteiger partial charge in [0.1, 0.15) is 23.4 Å².